The first kappa shape index (κ1) is 34.6. The molecular formula is C40H38N14O2. The SMILES string of the molecule is N#Cc1ccc(C(=O)N2CCN(c3nc(N)nc4[nH]ccc34)CC23CC3)cc1.N#Cc1cccc(C(=O)N2CCN(c3nc(N)nc4[nH]ccc34)CC23CC3)c1. The second-order valence-corrected chi connectivity index (χ2v) is 14.9. The molecule has 6 heterocycles. The van der Waals surface area contributed by atoms with Gasteiger partial charge in [-0.3, -0.25) is 9.59 Å². The highest BCUT2D eigenvalue weighted by molar-refractivity contribution is 5.97. The Labute approximate surface area is 321 Å². The minimum atomic E-state index is -0.180. The van der Waals surface area contributed by atoms with Gasteiger partial charge in [0.15, 0.2) is 0 Å². The lowest BCUT2D eigenvalue weighted by atomic mass is 10.1. The van der Waals surface area contributed by atoms with Crippen LogP contribution < -0.4 is 21.3 Å². The zero-order valence-corrected chi connectivity index (χ0v) is 30.4. The van der Waals surface area contributed by atoms with Crippen LogP contribution in [-0.2, 0) is 0 Å². The van der Waals surface area contributed by atoms with E-state index in [9.17, 15) is 9.59 Å². The molecule has 2 aliphatic carbocycles. The molecule has 6 N–H and O–H groups in total. The van der Waals surface area contributed by atoms with Gasteiger partial charge in [0.2, 0.25) is 11.9 Å². The molecule has 2 saturated heterocycles. The van der Waals surface area contributed by atoms with Gasteiger partial charge in [-0.25, -0.2) is 0 Å². The van der Waals surface area contributed by atoms with Gasteiger partial charge in [0.05, 0.1) is 45.1 Å². The van der Waals surface area contributed by atoms with Gasteiger partial charge < -0.3 is 41.0 Å². The summed E-state index contributed by atoms with van der Waals surface area (Å²) < 4.78 is 0. The van der Waals surface area contributed by atoms with E-state index in [0.29, 0.717) is 55.0 Å². The molecule has 2 spiro atoms. The minimum absolute atomic E-state index is 0.0109. The van der Waals surface area contributed by atoms with Crippen LogP contribution in [0.25, 0.3) is 22.1 Å². The summed E-state index contributed by atoms with van der Waals surface area (Å²) in [7, 11) is 0. The first-order valence-corrected chi connectivity index (χ1v) is 18.5. The average Bonchev–Trinajstić information content (AvgIpc) is 4.04. The molecule has 4 aliphatic rings. The van der Waals surface area contributed by atoms with E-state index in [1.165, 1.54) is 0 Å². The van der Waals surface area contributed by atoms with Crippen LogP contribution in [0.2, 0.25) is 0 Å². The van der Waals surface area contributed by atoms with E-state index in [-0.39, 0.29) is 34.8 Å². The summed E-state index contributed by atoms with van der Waals surface area (Å²) in [5.41, 5.74) is 15.1. The lowest BCUT2D eigenvalue weighted by Gasteiger charge is -2.43. The first-order valence-electron chi connectivity index (χ1n) is 18.5. The zero-order valence-electron chi connectivity index (χ0n) is 30.4. The molecule has 6 aromatic rings. The quantitative estimate of drug-likeness (QED) is 0.202. The van der Waals surface area contributed by atoms with Crippen molar-refractivity contribution in [3.63, 3.8) is 0 Å². The molecule has 2 aromatic carbocycles. The van der Waals surface area contributed by atoms with Gasteiger partial charge in [-0.2, -0.15) is 30.5 Å². The van der Waals surface area contributed by atoms with E-state index in [0.717, 1.165) is 65.9 Å². The molecule has 280 valence electrons. The van der Waals surface area contributed by atoms with Crippen molar-refractivity contribution in [2.24, 2.45) is 0 Å². The number of fused-ring (bicyclic) bond motifs is 2. The molecule has 16 heteroatoms. The van der Waals surface area contributed by atoms with Gasteiger partial charge in [-0.1, -0.05) is 6.07 Å². The second kappa shape index (κ2) is 13.3. The summed E-state index contributed by atoms with van der Waals surface area (Å²) in [6.45, 7) is 4.02. The maximum absolute atomic E-state index is 13.1. The molecule has 2 amide bonds. The van der Waals surface area contributed by atoms with Crippen LogP contribution in [0.3, 0.4) is 0 Å². The van der Waals surface area contributed by atoms with Gasteiger partial charge in [-0.05, 0) is 80.3 Å². The lowest BCUT2D eigenvalue weighted by Crippen LogP contribution is -2.57. The normalized spacial score (nSPS) is 17.7. The maximum Gasteiger partial charge on any atom is 0.254 e. The second-order valence-electron chi connectivity index (χ2n) is 14.9. The van der Waals surface area contributed by atoms with Crippen LogP contribution in [0, 0.1) is 22.7 Å². The number of carbonyl (C=O) groups excluding carboxylic acids is 2. The highest BCUT2D eigenvalue weighted by Crippen LogP contribution is 2.47. The Morgan fingerprint density at radius 2 is 1.12 bits per heavy atom. The number of hydrogen-bond donors (Lipinski definition) is 4. The number of nitriles is 2. The number of nitrogen functional groups attached to an aromatic ring is 2. The van der Waals surface area contributed by atoms with Gasteiger partial charge in [0, 0.05) is 62.8 Å². The van der Waals surface area contributed by atoms with Crippen molar-refractivity contribution in [2.45, 2.75) is 36.8 Å². The number of rotatable bonds is 4. The molecule has 2 saturated carbocycles. The van der Waals surface area contributed by atoms with Crippen molar-refractivity contribution in [3.05, 3.63) is 95.3 Å². The van der Waals surface area contributed by atoms with Crippen molar-refractivity contribution in [2.75, 3.05) is 60.5 Å². The number of aromatic nitrogens is 6. The molecule has 0 atom stereocenters. The fourth-order valence-corrected chi connectivity index (χ4v) is 8.18. The van der Waals surface area contributed by atoms with Gasteiger partial charge in [0.1, 0.15) is 22.9 Å². The number of piperazine rings is 2. The third-order valence-corrected chi connectivity index (χ3v) is 11.4. The number of anilines is 4. The first-order chi connectivity index (χ1) is 27.2. The summed E-state index contributed by atoms with van der Waals surface area (Å²) in [6.07, 6.45) is 7.54. The number of amides is 2. The fourth-order valence-electron chi connectivity index (χ4n) is 8.18. The summed E-state index contributed by atoms with van der Waals surface area (Å²) in [6, 6.07) is 21.9. The summed E-state index contributed by atoms with van der Waals surface area (Å²) in [5.74, 6) is 2.13. The van der Waals surface area contributed by atoms with Crippen LogP contribution in [0.1, 0.15) is 57.5 Å². The molecule has 0 radical (unpaired) electrons. The number of hydrogen-bond acceptors (Lipinski definition) is 12. The molecule has 16 nitrogen and oxygen atoms in total. The number of benzene rings is 2. The Bertz CT molecular complexity index is 2590. The smallest absolute Gasteiger partial charge is 0.254 e. The summed E-state index contributed by atoms with van der Waals surface area (Å²) in [5, 5.41) is 19.9. The van der Waals surface area contributed by atoms with E-state index in [1.54, 1.807) is 48.5 Å². The van der Waals surface area contributed by atoms with Crippen LogP contribution in [0.15, 0.2) is 73.1 Å². The molecular weight excluding hydrogens is 709 g/mol. The van der Waals surface area contributed by atoms with E-state index in [2.05, 4.69) is 51.8 Å². The monoisotopic (exact) mass is 746 g/mol. The van der Waals surface area contributed by atoms with Gasteiger partial charge in [0.25, 0.3) is 11.8 Å². The number of carbonyl (C=O) groups is 2. The molecule has 4 fully saturated rings. The third-order valence-electron chi connectivity index (χ3n) is 11.4. The standard InChI is InChI=1S/2C20H19N7O/c21-11-13-1-3-14(4-2-13)18(28)27-10-9-26(12-20(27)6-7-20)17-15-5-8-23-16(15)24-19(22)25-17;21-11-13-2-1-3-14(10-13)18(28)27-9-8-26(12-20(27)5-6-20)17-15-4-7-23-16(15)24-19(22)25-17/h1-5,8H,6-7,9-10,12H2,(H3,22,23,24,25);1-4,7,10H,5-6,8-9,12H2,(H3,22,23,24,25). The van der Waals surface area contributed by atoms with Crippen LogP contribution in [0.5, 0.6) is 0 Å². The fraction of sp³-hybridized carbons (Fsp3) is 0.300. The number of nitrogens with one attached hydrogen (secondary N) is 2. The third kappa shape index (κ3) is 6.11. The minimum Gasteiger partial charge on any atom is -0.368 e. The number of nitrogens with two attached hydrogens (primary N) is 2. The summed E-state index contributed by atoms with van der Waals surface area (Å²) in [4.78, 5) is 58.2. The van der Waals surface area contributed by atoms with Crippen molar-refractivity contribution in [1.82, 2.24) is 39.7 Å². The van der Waals surface area contributed by atoms with Crippen molar-refractivity contribution in [1.29, 1.82) is 10.5 Å². The average molecular weight is 747 g/mol. The molecule has 4 aromatic heterocycles. The molecule has 0 unspecified atom stereocenters. The number of aromatic amines is 2. The highest BCUT2D eigenvalue weighted by atomic mass is 16.2. The van der Waals surface area contributed by atoms with Gasteiger partial charge in [-0.15, -0.1) is 0 Å². The molecule has 56 heavy (non-hydrogen) atoms. The zero-order chi connectivity index (χ0) is 38.6. The molecule has 0 bridgehead atoms. The predicted octanol–water partition coefficient (Wildman–Crippen LogP) is 3.81. The van der Waals surface area contributed by atoms with E-state index >= 15 is 0 Å². The number of nitrogens with zero attached hydrogens (tertiary/aromatic N) is 10. The highest BCUT2D eigenvalue weighted by Gasteiger charge is 2.54. The van der Waals surface area contributed by atoms with E-state index in [1.807, 2.05) is 34.3 Å². The van der Waals surface area contributed by atoms with E-state index < -0.39 is 0 Å². The van der Waals surface area contributed by atoms with E-state index in [4.69, 9.17) is 22.0 Å². The van der Waals surface area contributed by atoms with Crippen LogP contribution in [0.4, 0.5) is 23.5 Å². The predicted molar refractivity (Wildman–Crippen MR) is 209 cm³/mol. The Hall–Kier alpha value is -7.20. The molecule has 10 rings (SSSR count). The topological polar surface area (TPSA) is 230 Å². The van der Waals surface area contributed by atoms with Crippen molar-refractivity contribution >= 4 is 57.4 Å². The van der Waals surface area contributed by atoms with Crippen LogP contribution in [-0.4, -0.2) is 102 Å². The Kier molecular flexibility index (Phi) is 8.19. The van der Waals surface area contributed by atoms with Crippen molar-refractivity contribution < 1.29 is 9.59 Å². The Morgan fingerprint density at radius 3 is 1.61 bits per heavy atom. The van der Waals surface area contributed by atoms with Gasteiger partial charge >= 0.3 is 0 Å². The summed E-state index contributed by atoms with van der Waals surface area (Å²) >= 11 is 0. The Morgan fingerprint density at radius 1 is 0.625 bits per heavy atom. The lowest BCUT2D eigenvalue weighted by molar-refractivity contribution is 0.0616. The molecule has 2 aliphatic heterocycles. The Balaban J connectivity index is 0.000000146. The van der Waals surface area contributed by atoms with Crippen LogP contribution >= 0.6 is 0 Å². The maximum atomic E-state index is 13.1. The largest absolute Gasteiger partial charge is 0.368 e. The number of H-pyrrole nitrogens is 2. The van der Waals surface area contributed by atoms with Crippen molar-refractivity contribution in [3.8, 4) is 12.1 Å².